The van der Waals surface area contributed by atoms with Crippen LogP contribution in [0.4, 0.5) is 0 Å². The fraction of sp³-hybridized carbons (Fsp3) is 0.333. The van der Waals surface area contributed by atoms with Gasteiger partial charge >= 0.3 is 0 Å². The number of thioether (sulfide) groups is 1. The fourth-order valence-corrected chi connectivity index (χ4v) is 4.53. The van der Waals surface area contributed by atoms with Crippen molar-refractivity contribution in [1.29, 1.82) is 0 Å². The molecule has 1 N–H and O–H groups in total. The lowest BCUT2D eigenvalue weighted by Crippen LogP contribution is -2.18. The van der Waals surface area contributed by atoms with Crippen LogP contribution in [0.15, 0.2) is 35.6 Å². The maximum atomic E-state index is 10.2. The molecule has 0 fully saturated rings. The average Bonchev–Trinajstić information content (AvgIpc) is 2.90. The Bertz CT molecular complexity index is 852. The molecule has 25 heavy (non-hydrogen) atoms. The van der Waals surface area contributed by atoms with Crippen molar-refractivity contribution in [3.05, 3.63) is 51.6 Å². The van der Waals surface area contributed by atoms with Gasteiger partial charge in [0.2, 0.25) is 0 Å². The number of hydrogen-bond donors (Lipinski definition) is 1. The second-order valence-corrected chi connectivity index (χ2v) is 8.40. The minimum Gasteiger partial charge on any atom is -0.390 e. The van der Waals surface area contributed by atoms with Crippen LogP contribution in [0, 0.1) is 13.8 Å². The number of thiophene rings is 1. The standard InChI is InChI=1S/C18H19ClN2O2S2/c1-11-12(2)25-18-16(11)17(20-10-21-18)24-9-15(22)8-23-7-13-3-5-14(19)6-4-13/h3-6,10,15,22H,7-9H2,1-2H3/t15-/m0/s1. The SMILES string of the molecule is Cc1sc2ncnc(SC[C@@H](O)COCc3ccc(Cl)cc3)c2c1C. The molecule has 0 aliphatic heterocycles. The monoisotopic (exact) mass is 394 g/mol. The molecule has 0 radical (unpaired) electrons. The highest BCUT2D eigenvalue weighted by Crippen LogP contribution is 2.34. The van der Waals surface area contributed by atoms with Gasteiger partial charge < -0.3 is 9.84 Å². The van der Waals surface area contributed by atoms with Crippen molar-refractivity contribution in [2.24, 2.45) is 0 Å². The number of rotatable bonds is 7. The molecule has 0 spiro atoms. The van der Waals surface area contributed by atoms with Gasteiger partial charge in [-0.15, -0.1) is 23.1 Å². The van der Waals surface area contributed by atoms with Crippen molar-refractivity contribution in [3.8, 4) is 0 Å². The summed E-state index contributed by atoms with van der Waals surface area (Å²) in [6, 6.07) is 7.50. The Morgan fingerprint density at radius 1 is 1.24 bits per heavy atom. The minimum atomic E-state index is -0.553. The van der Waals surface area contributed by atoms with E-state index in [9.17, 15) is 5.11 Å². The van der Waals surface area contributed by atoms with Crippen LogP contribution in [0.1, 0.15) is 16.0 Å². The van der Waals surface area contributed by atoms with Crippen LogP contribution in [0.2, 0.25) is 5.02 Å². The Balaban J connectivity index is 1.52. The first-order valence-electron chi connectivity index (χ1n) is 7.88. The number of benzene rings is 1. The van der Waals surface area contributed by atoms with E-state index < -0.39 is 6.10 Å². The Morgan fingerprint density at radius 2 is 2.00 bits per heavy atom. The zero-order valence-corrected chi connectivity index (χ0v) is 16.4. The van der Waals surface area contributed by atoms with Crippen LogP contribution in [0.3, 0.4) is 0 Å². The smallest absolute Gasteiger partial charge is 0.128 e. The van der Waals surface area contributed by atoms with Crippen molar-refractivity contribution in [1.82, 2.24) is 9.97 Å². The van der Waals surface area contributed by atoms with E-state index in [-0.39, 0.29) is 6.61 Å². The summed E-state index contributed by atoms with van der Waals surface area (Å²) in [7, 11) is 0. The van der Waals surface area contributed by atoms with Gasteiger partial charge in [-0.25, -0.2) is 9.97 Å². The molecule has 0 saturated heterocycles. The number of fused-ring (bicyclic) bond motifs is 1. The first-order valence-corrected chi connectivity index (χ1v) is 10.1. The molecule has 0 aliphatic rings. The Morgan fingerprint density at radius 3 is 2.76 bits per heavy atom. The molecule has 2 aromatic heterocycles. The van der Waals surface area contributed by atoms with E-state index in [1.807, 2.05) is 24.3 Å². The molecule has 7 heteroatoms. The number of aliphatic hydroxyl groups is 1. The zero-order valence-electron chi connectivity index (χ0n) is 14.0. The van der Waals surface area contributed by atoms with Crippen LogP contribution in [0.25, 0.3) is 10.2 Å². The second-order valence-electron chi connectivity index (χ2n) is 5.75. The van der Waals surface area contributed by atoms with Gasteiger partial charge in [0.1, 0.15) is 16.2 Å². The van der Waals surface area contributed by atoms with Crippen LogP contribution in [0.5, 0.6) is 0 Å². The van der Waals surface area contributed by atoms with Crippen LogP contribution < -0.4 is 0 Å². The predicted molar refractivity (Wildman–Crippen MR) is 105 cm³/mol. The molecule has 0 amide bonds. The van der Waals surface area contributed by atoms with Crippen LogP contribution >= 0.6 is 34.7 Å². The van der Waals surface area contributed by atoms with Gasteiger partial charge in [-0.3, -0.25) is 0 Å². The molecule has 0 bridgehead atoms. The van der Waals surface area contributed by atoms with Crippen molar-refractivity contribution in [2.75, 3.05) is 12.4 Å². The topological polar surface area (TPSA) is 55.2 Å². The van der Waals surface area contributed by atoms with Crippen LogP contribution in [-0.2, 0) is 11.3 Å². The summed E-state index contributed by atoms with van der Waals surface area (Å²) >= 11 is 9.08. The zero-order chi connectivity index (χ0) is 17.8. The molecule has 3 aromatic rings. The molecule has 0 unspecified atom stereocenters. The molecule has 3 rings (SSSR count). The molecule has 0 saturated carbocycles. The predicted octanol–water partition coefficient (Wildman–Crippen LogP) is 4.63. The highest BCUT2D eigenvalue weighted by molar-refractivity contribution is 7.99. The third-order valence-corrected chi connectivity index (χ3v) is 6.34. The third kappa shape index (κ3) is 4.71. The maximum absolute atomic E-state index is 10.2. The number of aliphatic hydroxyl groups excluding tert-OH is 1. The average molecular weight is 395 g/mol. The van der Waals surface area contributed by atoms with Gasteiger partial charge in [0.25, 0.3) is 0 Å². The minimum absolute atomic E-state index is 0.283. The second kappa shape index (κ2) is 8.47. The van der Waals surface area contributed by atoms with E-state index in [0.717, 1.165) is 20.8 Å². The highest BCUT2D eigenvalue weighted by Gasteiger charge is 2.14. The van der Waals surface area contributed by atoms with Crippen molar-refractivity contribution >= 4 is 44.9 Å². The van der Waals surface area contributed by atoms with E-state index in [2.05, 4.69) is 23.8 Å². The Hall–Kier alpha value is -1.18. The molecule has 4 nitrogen and oxygen atoms in total. The van der Waals surface area contributed by atoms with Crippen molar-refractivity contribution in [2.45, 2.75) is 31.6 Å². The van der Waals surface area contributed by atoms with E-state index in [0.29, 0.717) is 17.4 Å². The van der Waals surface area contributed by atoms with Crippen molar-refractivity contribution < 1.29 is 9.84 Å². The number of aromatic nitrogens is 2. The molecule has 1 atom stereocenters. The Labute approximate surface area is 160 Å². The number of halogens is 1. The number of nitrogens with zero attached hydrogens (tertiary/aromatic N) is 2. The number of ether oxygens (including phenoxy) is 1. The van der Waals surface area contributed by atoms with E-state index in [1.54, 1.807) is 29.4 Å². The number of aryl methyl sites for hydroxylation is 2. The third-order valence-electron chi connectivity index (χ3n) is 3.84. The number of hydrogen-bond acceptors (Lipinski definition) is 6. The molecular formula is C18H19ClN2O2S2. The molecular weight excluding hydrogens is 376 g/mol. The lowest BCUT2D eigenvalue weighted by Gasteiger charge is -2.11. The molecule has 132 valence electrons. The summed E-state index contributed by atoms with van der Waals surface area (Å²) in [5.41, 5.74) is 2.25. The summed E-state index contributed by atoms with van der Waals surface area (Å²) in [5, 5.41) is 12.9. The van der Waals surface area contributed by atoms with Crippen molar-refractivity contribution in [3.63, 3.8) is 0 Å². The van der Waals surface area contributed by atoms with Gasteiger partial charge in [0.05, 0.1) is 19.3 Å². The lowest BCUT2D eigenvalue weighted by atomic mass is 10.2. The maximum Gasteiger partial charge on any atom is 0.128 e. The normalized spacial score (nSPS) is 12.6. The van der Waals surface area contributed by atoms with Gasteiger partial charge in [0, 0.05) is 21.0 Å². The van der Waals surface area contributed by atoms with E-state index in [4.69, 9.17) is 16.3 Å². The Kier molecular flexibility index (Phi) is 6.30. The van der Waals surface area contributed by atoms with Crippen LogP contribution in [-0.4, -0.2) is 33.5 Å². The van der Waals surface area contributed by atoms with Gasteiger partial charge in [0.15, 0.2) is 0 Å². The highest BCUT2D eigenvalue weighted by atomic mass is 35.5. The van der Waals surface area contributed by atoms with Gasteiger partial charge in [-0.05, 0) is 37.1 Å². The fourth-order valence-electron chi connectivity index (χ4n) is 2.38. The largest absolute Gasteiger partial charge is 0.390 e. The summed E-state index contributed by atoms with van der Waals surface area (Å²) < 4.78 is 5.59. The summed E-state index contributed by atoms with van der Waals surface area (Å²) in [4.78, 5) is 11.0. The molecule has 1 aromatic carbocycles. The summed E-state index contributed by atoms with van der Waals surface area (Å²) in [5.74, 6) is 0.529. The molecule has 0 aliphatic carbocycles. The first kappa shape index (κ1) is 18.6. The lowest BCUT2D eigenvalue weighted by molar-refractivity contribution is 0.0398. The summed E-state index contributed by atoms with van der Waals surface area (Å²) in [6.07, 6.45) is 1.03. The van der Waals surface area contributed by atoms with E-state index >= 15 is 0 Å². The molecule has 2 heterocycles. The van der Waals surface area contributed by atoms with Gasteiger partial charge in [-0.2, -0.15) is 0 Å². The van der Waals surface area contributed by atoms with Gasteiger partial charge in [-0.1, -0.05) is 23.7 Å². The van der Waals surface area contributed by atoms with E-state index in [1.165, 1.54) is 10.4 Å². The quantitative estimate of drug-likeness (QED) is 0.467. The first-order chi connectivity index (χ1) is 12.0. The summed E-state index contributed by atoms with van der Waals surface area (Å²) in [6.45, 7) is 4.92.